The third kappa shape index (κ3) is 3.56. The van der Waals surface area contributed by atoms with Crippen LogP contribution in [0.3, 0.4) is 0 Å². The third-order valence-electron chi connectivity index (χ3n) is 4.74. The molecule has 2 aromatic rings. The van der Waals surface area contributed by atoms with Gasteiger partial charge in [0, 0.05) is 25.2 Å². The van der Waals surface area contributed by atoms with E-state index in [1.54, 1.807) is 0 Å². The van der Waals surface area contributed by atoms with Crippen molar-refractivity contribution < 1.29 is 9.57 Å². The molecule has 0 spiro atoms. The maximum Gasteiger partial charge on any atom is 0.129 e. The topological polar surface area (TPSA) is 34.1 Å². The van der Waals surface area contributed by atoms with Crippen LogP contribution in [0.1, 0.15) is 17.5 Å². The van der Waals surface area contributed by atoms with Crippen LogP contribution in [0, 0.1) is 0 Å². The summed E-state index contributed by atoms with van der Waals surface area (Å²) in [7, 11) is 0. The van der Waals surface area contributed by atoms with E-state index in [1.807, 2.05) is 0 Å². The molecule has 0 saturated carbocycles. The average Bonchev–Trinajstić information content (AvgIpc) is 3.03. The Balaban J connectivity index is 0.00000169. The zero-order valence-corrected chi connectivity index (χ0v) is 14.6. The van der Waals surface area contributed by atoms with Crippen molar-refractivity contribution in [3.05, 3.63) is 47.5 Å². The van der Waals surface area contributed by atoms with Gasteiger partial charge in [0.25, 0.3) is 0 Å². The summed E-state index contributed by atoms with van der Waals surface area (Å²) in [5, 5.41) is 7.07. The minimum absolute atomic E-state index is 0. The highest BCUT2D eigenvalue weighted by Crippen LogP contribution is 2.30. The highest BCUT2D eigenvalue weighted by Gasteiger charge is 2.20. The van der Waals surface area contributed by atoms with Crippen molar-refractivity contribution in [2.45, 2.75) is 12.8 Å². The average molecular weight is 347 g/mol. The Bertz CT molecular complexity index is 726. The van der Waals surface area contributed by atoms with Crippen LogP contribution < -0.4 is 0 Å². The second kappa shape index (κ2) is 7.97. The Kier molecular flexibility index (Phi) is 5.72. The van der Waals surface area contributed by atoms with Crippen molar-refractivity contribution in [2.24, 2.45) is 5.16 Å². The van der Waals surface area contributed by atoms with Crippen molar-refractivity contribution in [2.75, 3.05) is 39.5 Å². The SMILES string of the molecule is Cl.c1ccc2c3c(ccc2c1)/C(=N\OCCN1CCOCC1)CC3. The van der Waals surface area contributed by atoms with Gasteiger partial charge in [0.15, 0.2) is 0 Å². The number of hydrogen-bond acceptors (Lipinski definition) is 4. The summed E-state index contributed by atoms with van der Waals surface area (Å²) in [6.07, 6.45) is 2.03. The fraction of sp³-hybridized carbons (Fsp3) is 0.421. The van der Waals surface area contributed by atoms with Gasteiger partial charge in [-0.05, 0) is 29.2 Å². The first-order valence-corrected chi connectivity index (χ1v) is 8.42. The quantitative estimate of drug-likeness (QED) is 0.629. The van der Waals surface area contributed by atoms with E-state index >= 15 is 0 Å². The Labute approximate surface area is 148 Å². The molecule has 24 heavy (non-hydrogen) atoms. The molecule has 2 aromatic carbocycles. The lowest BCUT2D eigenvalue weighted by Gasteiger charge is -2.25. The van der Waals surface area contributed by atoms with Crippen molar-refractivity contribution in [3.63, 3.8) is 0 Å². The molecule has 1 saturated heterocycles. The Morgan fingerprint density at radius 1 is 1.04 bits per heavy atom. The zero-order valence-electron chi connectivity index (χ0n) is 13.7. The monoisotopic (exact) mass is 346 g/mol. The highest BCUT2D eigenvalue weighted by molar-refractivity contribution is 6.08. The van der Waals surface area contributed by atoms with E-state index in [-0.39, 0.29) is 12.4 Å². The lowest BCUT2D eigenvalue weighted by atomic mass is 10.0. The molecule has 0 amide bonds. The smallest absolute Gasteiger partial charge is 0.129 e. The molecule has 0 aromatic heterocycles. The van der Waals surface area contributed by atoms with E-state index in [2.05, 4.69) is 46.5 Å². The van der Waals surface area contributed by atoms with Gasteiger partial charge in [0.1, 0.15) is 6.61 Å². The van der Waals surface area contributed by atoms with Gasteiger partial charge in [0.05, 0.1) is 18.9 Å². The van der Waals surface area contributed by atoms with Crippen LogP contribution in [-0.4, -0.2) is 50.1 Å². The first-order valence-electron chi connectivity index (χ1n) is 8.42. The van der Waals surface area contributed by atoms with Gasteiger partial charge in [-0.15, -0.1) is 12.4 Å². The molecule has 0 unspecified atom stereocenters. The van der Waals surface area contributed by atoms with Crippen molar-refractivity contribution in [1.29, 1.82) is 0 Å². The molecule has 1 aliphatic heterocycles. The van der Waals surface area contributed by atoms with E-state index in [0.717, 1.165) is 51.4 Å². The molecule has 2 aliphatic rings. The summed E-state index contributed by atoms with van der Waals surface area (Å²) in [5.74, 6) is 0. The molecule has 0 bridgehead atoms. The lowest BCUT2D eigenvalue weighted by Crippen LogP contribution is -2.38. The Morgan fingerprint density at radius 2 is 1.88 bits per heavy atom. The molecule has 1 heterocycles. The number of fused-ring (bicyclic) bond motifs is 3. The molecular weight excluding hydrogens is 324 g/mol. The summed E-state index contributed by atoms with van der Waals surface area (Å²) in [4.78, 5) is 7.96. The number of aryl methyl sites for hydroxylation is 1. The maximum atomic E-state index is 5.59. The second-order valence-corrected chi connectivity index (χ2v) is 6.14. The van der Waals surface area contributed by atoms with Gasteiger partial charge in [-0.25, -0.2) is 0 Å². The third-order valence-corrected chi connectivity index (χ3v) is 4.74. The second-order valence-electron chi connectivity index (χ2n) is 6.14. The molecular formula is C19H23ClN2O2. The van der Waals surface area contributed by atoms with E-state index in [0.29, 0.717) is 6.61 Å². The van der Waals surface area contributed by atoms with Crippen molar-refractivity contribution >= 4 is 28.9 Å². The fourth-order valence-electron chi connectivity index (χ4n) is 3.47. The number of morpholine rings is 1. The van der Waals surface area contributed by atoms with Crippen LogP contribution in [-0.2, 0) is 16.0 Å². The van der Waals surface area contributed by atoms with Crippen LogP contribution in [0.4, 0.5) is 0 Å². The molecule has 0 N–H and O–H groups in total. The first kappa shape index (κ1) is 17.2. The molecule has 4 rings (SSSR count). The molecule has 1 aliphatic carbocycles. The molecule has 1 fully saturated rings. The number of oxime groups is 1. The number of benzene rings is 2. The summed E-state index contributed by atoms with van der Waals surface area (Å²) in [6.45, 7) is 5.21. The number of ether oxygens (including phenoxy) is 1. The Hall–Kier alpha value is -1.62. The fourth-order valence-corrected chi connectivity index (χ4v) is 3.47. The van der Waals surface area contributed by atoms with Gasteiger partial charge in [-0.1, -0.05) is 41.6 Å². The lowest BCUT2D eigenvalue weighted by molar-refractivity contribution is 0.0212. The van der Waals surface area contributed by atoms with Gasteiger partial charge in [-0.3, -0.25) is 4.90 Å². The normalized spacial score (nSPS) is 19.2. The summed E-state index contributed by atoms with van der Waals surface area (Å²) >= 11 is 0. The number of nitrogens with zero attached hydrogens (tertiary/aromatic N) is 2. The summed E-state index contributed by atoms with van der Waals surface area (Å²) < 4.78 is 5.35. The van der Waals surface area contributed by atoms with Crippen LogP contribution >= 0.6 is 12.4 Å². The van der Waals surface area contributed by atoms with Gasteiger partial charge < -0.3 is 9.57 Å². The standard InChI is InChI=1S/C19H22N2O2.ClH/c1-2-4-16-15(3-1)5-6-18-17(16)7-8-19(18)20-23-14-11-21-9-12-22-13-10-21;/h1-6H,7-14H2;1H/b20-19-;. The highest BCUT2D eigenvalue weighted by atomic mass is 35.5. The van der Waals surface area contributed by atoms with Gasteiger partial charge in [-0.2, -0.15) is 0 Å². The van der Waals surface area contributed by atoms with E-state index in [1.165, 1.54) is 21.9 Å². The summed E-state index contributed by atoms with van der Waals surface area (Å²) in [5.41, 5.74) is 3.77. The zero-order chi connectivity index (χ0) is 15.5. The van der Waals surface area contributed by atoms with Gasteiger partial charge in [0.2, 0.25) is 0 Å². The van der Waals surface area contributed by atoms with E-state index < -0.39 is 0 Å². The minimum atomic E-state index is 0. The van der Waals surface area contributed by atoms with Crippen LogP contribution in [0.15, 0.2) is 41.6 Å². The van der Waals surface area contributed by atoms with Gasteiger partial charge >= 0.3 is 0 Å². The van der Waals surface area contributed by atoms with Crippen LogP contribution in [0.2, 0.25) is 0 Å². The maximum absolute atomic E-state index is 5.59. The largest absolute Gasteiger partial charge is 0.394 e. The number of halogens is 1. The predicted molar refractivity (Wildman–Crippen MR) is 99.3 cm³/mol. The van der Waals surface area contributed by atoms with E-state index in [9.17, 15) is 0 Å². The Morgan fingerprint density at radius 3 is 2.75 bits per heavy atom. The molecule has 4 nitrogen and oxygen atoms in total. The van der Waals surface area contributed by atoms with Crippen LogP contribution in [0.25, 0.3) is 10.8 Å². The number of rotatable bonds is 4. The molecule has 128 valence electrons. The molecule has 0 radical (unpaired) electrons. The van der Waals surface area contributed by atoms with Crippen molar-refractivity contribution in [3.8, 4) is 0 Å². The number of hydrogen-bond donors (Lipinski definition) is 0. The van der Waals surface area contributed by atoms with Crippen molar-refractivity contribution in [1.82, 2.24) is 4.90 Å². The first-order chi connectivity index (χ1) is 11.4. The summed E-state index contributed by atoms with van der Waals surface area (Å²) in [6, 6.07) is 12.9. The molecule has 0 atom stereocenters. The predicted octanol–water partition coefficient (Wildman–Crippen LogP) is 3.26. The molecule has 5 heteroatoms. The van der Waals surface area contributed by atoms with Crippen LogP contribution in [0.5, 0.6) is 0 Å². The van der Waals surface area contributed by atoms with E-state index in [4.69, 9.17) is 9.57 Å². The minimum Gasteiger partial charge on any atom is -0.394 e.